The van der Waals surface area contributed by atoms with Gasteiger partial charge in [0.05, 0.1) is 0 Å². The van der Waals surface area contributed by atoms with Crippen LogP contribution >= 0.6 is 0 Å². The predicted molar refractivity (Wildman–Crippen MR) is 52.7 cm³/mol. The van der Waals surface area contributed by atoms with E-state index >= 15 is 0 Å². The Labute approximate surface area is 95.4 Å². The van der Waals surface area contributed by atoms with Crippen LogP contribution in [0.25, 0.3) is 0 Å². The normalized spacial score (nSPS) is 14.8. The summed E-state index contributed by atoms with van der Waals surface area (Å²) in [6.07, 6.45) is 9.50. The molecule has 0 amide bonds. The Bertz CT molecular complexity index is 130. The van der Waals surface area contributed by atoms with E-state index in [0.717, 1.165) is 0 Å². The van der Waals surface area contributed by atoms with E-state index in [1.807, 2.05) is 30.3 Å². The molecule has 2 rings (SSSR count). The van der Waals surface area contributed by atoms with Crippen molar-refractivity contribution in [3.63, 3.8) is 0 Å². The summed E-state index contributed by atoms with van der Waals surface area (Å²) in [5.74, 6) is 0. The fourth-order valence-corrected chi connectivity index (χ4v) is 1.24. The van der Waals surface area contributed by atoms with E-state index in [2.05, 4.69) is 12.5 Å². The van der Waals surface area contributed by atoms with Crippen molar-refractivity contribution < 1.29 is 20.4 Å². The van der Waals surface area contributed by atoms with E-state index in [1.54, 1.807) is 0 Å². The van der Waals surface area contributed by atoms with E-state index in [0.29, 0.717) is 0 Å². The average molecular weight is 267 g/mol. The van der Waals surface area contributed by atoms with Crippen molar-refractivity contribution in [3.05, 3.63) is 42.8 Å². The van der Waals surface area contributed by atoms with E-state index in [9.17, 15) is 0 Å². The van der Waals surface area contributed by atoms with E-state index in [1.165, 1.54) is 32.1 Å². The molecular weight excluding hydrogens is 251 g/mol. The van der Waals surface area contributed by atoms with Gasteiger partial charge in [-0.05, 0) is 0 Å². The summed E-state index contributed by atoms with van der Waals surface area (Å²) >= 11 is 0. The minimum absolute atomic E-state index is 0. The molecule has 1 aliphatic rings. The molecule has 0 radical (unpaired) electrons. The molecule has 1 aromatic carbocycles. The predicted octanol–water partition coefficient (Wildman–Crippen LogP) is 3.64. The van der Waals surface area contributed by atoms with Crippen LogP contribution in [0.2, 0.25) is 0 Å². The first-order valence-corrected chi connectivity index (χ1v) is 4.73. The van der Waals surface area contributed by atoms with Crippen molar-refractivity contribution in [2.24, 2.45) is 0 Å². The topological polar surface area (TPSA) is 0 Å². The zero-order chi connectivity index (χ0) is 8.49. The SMILES string of the molecule is [CH-]1CCCCC1.[Pd+2].[c-]1ccccc1. The van der Waals surface area contributed by atoms with Gasteiger partial charge in [-0.3, -0.25) is 0 Å². The van der Waals surface area contributed by atoms with Gasteiger partial charge in [0, 0.05) is 0 Å². The molecule has 1 saturated carbocycles. The molecule has 0 N–H and O–H groups in total. The second-order valence-corrected chi connectivity index (χ2v) is 3.00. The summed E-state index contributed by atoms with van der Waals surface area (Å²) < 4.78 is 0. The molecule has 0 nitrogen and oxygen atoms in total. The van der Waals surface area contributed by atoms with Gasteiger partial charge in [-0.15, -0.1) is 0 Å². The summed E-state index contributed by atoms with van der Waals surface area (Å²) in [6.45, 7) is 0. The van der Waals surface area contributed by atoms with Gasteiger partial charge < -0.3 is 6.42 Å². The molecular formula is C12H16Pd. The standard InChI is InChI=1S/C6H11.C6H5.Pd/c2*1-2-4-6-5-3-1;/h1H,2-6H2;1-5H;/q2*-1;+2. The van der Waals surface area contributed by atoms with Crippen LogP contribution in [-0.2, 0) is 20.4 Å². The minimum atomic E-state index is 0. The van der Waals surface area contributed by atoms with Gasteiger partial charge in [0.25, 0.3) is 0 Å². The fourth-order valence-electron chi connectivity index (χ4n) is 1.24. The quantitative estimate of drug-likeness (QED) is 0.497. The molecule has 0 bridgehead atoms. The summed E-state index contributed by atoms with van der Waals surface area (Å²) in [5, 5.41) is 0. The molecule has 13 heavy (non-hydrogen) atoms. The third-order valence-electron chi connectivity index (χ3n) is 1.92. The molecule has 0 atom stereocenters. The Morgan fingerprint density at radius 3 is 1.62 bits per heavy atom. The van der Waals surface area contributed by atoms with E-state index < -0.39 is 0 Å². The van der Waals surface area contributed by atoms with Crippen LogP contribution in [0.15, 0.2) is 30.3 Å². The third kappa shape index (κ3) is 8.22. The Balaban J connectivity index is 0.000000206. The maximum Gasteiger partial charge on any atom is 2.00 e. The molecule has 0 unspecified atom stereocenters. The van der Waals surface area contributed by atoms with Crippen LogP contribution in [0.1, 0.15) is 32.1 Å². The molecule has 0 spiro atoms. The Hall–Kier alpha value is -0.118. The first kappa shape index (κ1) is 12.9. The third-order valence-corrected chi connectivity index (χ3v) is 1.92. The van der Waals surface area contributed by atoms with Gasteiger partial charge in [-0.1, -0.05) is 19.3 Å². The Morgan fingerprint density at radius 2 is 1.46 bits per heavy atom. The Morgan fingerprint density at radius 1 is 0.846 bits per heavy atom. The maximum absolute atomic E-state index is 2.89. The van der Waals surface area contributed by atoms with Crippen molar-refractivity contribution in [1.29, 1.82) is 0 Å². The molecule has 0 aliphatic heterocycles. The van der Waals surface area contributed by atoms with Crippen molar-refractivity contribution >= 4 is 0 Å². The molecule has 0 aromatic heterocycles. The van der Waals surface area contributed by atoms with Crippen molar-refractivity contribution in [2.75, 3.05) is 0 Å². The summed E-state index contributed by atoms with van der Waals surface area (Å²) in [6, 6.07) is 12.5. The van der Waals surface area contributed by atoms with Crippen molar-refractivity contribution in [3.8, 4) is 0 Å². The zero-order valence-electron chi connectivity index (χ0n) is 7.82. The summed E-state index contributed by atoms with van der Waals surface area (Å²) in [5.41, 5.74) is 0. The van der Waals surface area contributed by atoms with Crippen molar-refractivity contribution in [1.82, 2.24) is 0 Å². The van der Waals surface area contributed by atoms with Crippen molar-refractivity contribution in [2.45, 2.75) is 32.1 Å². The Kier molecular flexibility index (Phi) is 9.88. The van der Waals surface area contributed by atoms with Gasteiger partial charge in [-0.2, -0.15) is 49.2 Å². The molecule has 1 heteroatoms. The second kappa shape index (κ2) is 9.97. The monoisotopic (exact) mass is 266 g/mol. The van der Waals surface area contributed by atoms with Gasteiger partial charge >= 0.3 is 20.4 Å². The number of rotatable bonds is 0. The van der Waals surface area contributed by atoms with Gasteiger partial charge in [0.15, 0.2) is 0 Å². The first-order chi connectivity index (χ1) is 6.00. The maximum atomic E-state index is 2.89. The number of benzene rings is 1. The van der Waals surface area contributed by atoms with Gasteiger partial charge in [-0.25, -0.2) is 0 Å². The van der Waals surface area contributed by atoms with Crippen LogP contribution in [0.3, 0.4) is 0 Å². The summed E-state index contributed by atoms with van der Waals surface area (Å²) in [7, 11) is 0. The molecule has 74 valence electrons. The number of hydrogen-bond acceptors (Lipinski definition) is 0. The van der Waals surface area contributed by atoms with Crippen LogP contribution in [-0.4, -0.2) is 0 Å². The van der Waals surface area contributed by atoms with E-state index in [4.69, 9.17) is 0 Å². The number of hydrogen-bond donors (Lipinski definition) is 0. The molecule has 1 aliphatic carbocycles. The van der Waals surface area contributed by atoms with Gasteiger partial charge in [0.2, 0.25) is 0 Å². The minimum Gasteiger partial charge on any atom is -0.328 e. The van der Waals surface area contributed by atoms with Crippen LogP contribution in [0.4, 0.5) is 0 Å². The largest absolute Gasteiger partial charge is 2.00 e. The first-order valence-electron chi connectivity index (χ1n) is 4.73. The zero-order valence-corrected chi connectivity index (χ0v) is 9.37. The molecule has 1 aromatic rings. The smallest absolute Gasteiger partial charge is 0.328 e. The fraction of sp³-hybridized carbons (Fsp3) is 0.417. The van der Waals surface area contributed by atoms with Crippen LogP contribution < -0.4 is 0 Å². The van der Waals surface area contributed by atoms with E-state index in [-0.39, 0.29) is 20.4 Å². The van der Waals surface area contributed by atoms with Crippen LogP contribution in [0.5, 0.6) is 0 Å². The summed E-state index contributed by atoms with van der Waals surface area (Å²) in [4.78, 5) is 0. The van der Waals surface area contributed by atoms with Gasteiger partial charge in [0.1, 0.15) is 0 Å². The molecule has 0 saturated heterocycles. The van der Waals surface area contributed by atoms with Crippen LogP contribution in [0, 0.1) is 12.5 Å². The molecule has 1 fully saturated rings. The molecule has 0 heterocycles. The average Bonchev–Trinajstić information content (AvgIpc) is 2.24. The second-order valence-electron chi connectivity index (χ2n) is 3.00.